The van der Waals surface area contributed by atoms with Crippen molar-refractivity contribution in [1.82, 2.24) is 19.7 Å². The molecule has 0 radical (unpaired) electrons. The Bertz CT molecular complexity index is 967. The van der Waals surface area contributed by atoms with Crippen LogP contribution in [0.2, 0.25) is 0 Å². The highest BCUT2D eigenvalue weighted by atomic mass is 16.6. The van der Waals surface area contributed by atoms with Gasteiger partial charge in [0.25, 0.3) is 11.6 Å². The minimum absolute atomic E-state index is 0.00240. The Morgan fingerprint density at radius 2 is 1.92 bits per heavy atom. The van der Waals surface area contributed by atoms with Crippen LogP contribution in [0.15, 0.2) is 42.6 Å². The first-order chi connectivity index (χ1) is 12.4. The van der Waals surface area contributed by atoms with Crippen molar-refractivity contribution in [1.29, 1.82) is 0 Å². The summed E-state index contributed by atoms with van der Waals surface area (Å²) >= 11 is 0. The normalized spacial score (nSPS) is 10.7. The second-order valence-electron chi connectivity index (χ2n) is 6.07. The highest BCUT2D eigenvalue weighted by Crippen LogP contribution is 2.20. The molecule has 1 amide bonds. The molecular weight excluding hydrogens is 334 g/mol. The number of carbonyl (C=O) groups excluding carboxylic acids is 1. The molecule has 1 aromatic carbocycles. The summed E-state index contributed by atoms with van der Waals surface area (Å²) in [6.07, 6.45) is 1.52. The van der Waals surface area contributed by atoms with Gasteiger partial charge < -0.3 is 9.88 Å². The highest BCUT2D eigenvalue weighted by Gasteiger charge is 2.19. The molecule has 0 aliphatic rings. The monoisotopic (exact) mass is 353 g/mol. The van der Waals surface area contributed by atoms with Crippen LogP contribution in [0.4, 0.5) is 5.69 Å². The van der Waals surface area contributed by atoms with E-state index in [1.165, 1.54) is 18.3 Å². The predicted molar refractivity (Wildman–Crippen MR) is 96.3 cm³/mol. The fourth-order valence-corrected chi connectivity index (χ4v) is 2.92. The Hall–Kier alpha value is -3.42. The average Bonchev–Trinajstić information content (AvgIpc) is 3.15. The van der Waals surface area contributed by atoms with Crippen LogP contribution in [-0.2, 0) is 13.6 Å². The standard InChI is InChI=1S/C18H19N5O3/c1-12-7-8-13(2)22(12)18-16(11-20-21(18)3)17(24)19-10-14-5-4-6-15(9-14)23(25)26/h4-9,11H,10H2,1-3H3,(H,19,24). The Labute approximate surface area is 150 Å². The summed E-state index contributed by atoms with van der Waals surface area (Å²) in [6.45, 7) is 4.12. The van der Waals surface area contributed by atoms with E-state index in [2.05, 4.69) is 10.4 Å². The maximum absolute atomic E-state index is 12.7. The molecule has 3 rings (SSSR count). The third-order valence-electron chi connectivity index (χ3n) is 4.21. The molecule has 0 bridgehead atoms. The molecule has 0 aliphatic heterocycles. The summed E-state index contributed by atoms with van der Waals surface area (Å²) < 4.78 is 3.62. The number of rotatable bonds is 5. The molecule has 0 atom stereocenters. The van der Waals surface area contributed by atoms with Gasteiger partial charge in [0.1, 0.15) is 11.4 Å². The van der Waals surface area contributed by atoms with E-state index in [1.807, 2.05) is 30.5 Å². The number of benzene rings is 1. The molecule has 1 N–H and O–H groups in total. The van der Waals surface area contributed by atoms with Crippen molar-refractivity contribution in [3.63, 3.8) is 0 Å². The number of nitrogens with one attached hydrogen (secondary N) is 1. The molecule has 0 saturated carbocycles. The molecule has 3 aromatic rings. The lowest BCUT2D eigenvalue weighted by Crippen LogP contribution is -2.24. The van der Waals surface area contributed by atoms with E-state index in [-0.39, 0.29) is 18.1 Å². The van der Waals surface area contributed by atoms with Gasteiger partial charge in [0.05, 0.1) is 11.1 Å². The van der Waals surface area contributed by atoms with Crippen LogP contribution >= 0.6 is 0 Å². The van der Waals surface area contributed by atoms with Gasteiger partial charge in [-0.1, -0.05) is 12.1 Å². The summed E-state index contributed by atoms with van der Waals surface area (Å²) in [7, 11) is 1.78. The summed E-state index contributed by atoms with van der Waals surface area (Å²) in [4.78, 5) is 23.1. The second-order valence-corrected chi connectivity index (χ2v) is 6.07. The quantitative estimate of drug-likeness (QED) is 0.563. The van der Waals surface area contributed by atoms with Gasteiger partial charge in [-0.25, -0.2) is 0 Å². The van der Waals surface area contributed by atoms with Crippen LogP contribution in [-0.4, -0.2) is 25.2 Å². The number of amides is 1. The van der Waals surface area contributed by atoms with Crippen molar-refractivity contribution in [3.8, 4) is 5.82 Å². The zero-order chi connectivity index (χ0) is 18.8. The van der Waals surface area contributed by atoms with E-state index < -0.39 is 4.92 Å². The minimum atomic E-state index is -0.456. The van der Waals surface area contributed by atoms with Crippen LogP contribution in [0.1, 0.15) is 27.3 Å². The number of carbonyl (C=O) groups is 1. The number of nitrogens with zero attached hydrogens (tertiary/aromatic N) is 4. The van der Waals surface area contributed by atoms with Crippen molar-refractivity contribution < 1.29 is 9.72 Å². The molecule has 8 nitrogen and oxygen atoms in total. The SMILES string of the molecule is Cc1ccc(C)n1-c1c(C(=O)NCc2cccc([N+](=O)[O-])c2)cnn1C. The zero-order valence-corrected chi connectivity index (χ0v) is 14.8. The number of hydrogen-bond acceptors (Lipinski definition) is 4. The van der Waals surface area contributed by atoms with Crippen LogP contribution in [0.5, 0.6) is 0 Å². The van der Waals surface area contributed by atoms with Crippen LogP contribution in [0, 0.1) is 24.0 Å². The van der Waals surface area contributed by atoms with Crippen LogP contribution in [0.3, 0.4) is 0 Å². The Morgan fingerprint density at radius 1 is 1.23 bits per heavy atom. The number of aromatic nitrogens is 3. The molecule has 2 heterocycles. The van der Waals surface area contributed by atoms with Gasteiger partial charge in [-0.3, -0.25) is 19.6 Å². The lowest BCUT2D eigenvalue weighted by atomic mass is 10.2. The Morgan fingerprint density at radius 3 is 2.58 bits per heavy atom. The molecule has 0 saturated heterocycles. The van der Waals surface area contributed by atoms with Crippen molar-refractivity contribution >= 4 is 11.6 Å². The van der Waals surface area contributed by atoms with E-state index in [4.69, 9.17) is 0 Å². The first kappa shape index (κ1) is 17.4. The summed E-state index contributed by atoms with van der Waals surface area (Å²) in [6, 6.07) is 10.2. The van der Waals surface area contributed by atoms with E-state index in [9.17, 15) is 14.9 Å². The largest absolute Gasteiger partial charge is 0.348 e. The van der Waals surface area contributed by atoms with Crippen LogP contribution in [0.25, 0.3) is 5.82 Å². The number of aryl methyl sites for hydroxylation is 3. The van der Waals surface area contributed by atoms with E-state index in [0.717, 1.165) is 11.4 Å². The minimum Gasteiger partial charge on any atom is -0.348 e. The summed E-state index contributed by atoms with van der Waals surface area (Å²) in [5.74, 6) is 0.397. The molecule has 26 heavy (non-hydrogen) atoms. The van der Waals surface area contributed by atoms with Gasteiger partial charge in [-0.2, -0.15) is 5.10 Å². The lowest BCUT2D eigenvalue weighted by molar-refractivity contribution is -0.384. The van der Waals surface area contributed by atoms with Crippen molar-refractivity contribution in [2.24, 2.45) is 7.05 Å². The van der Waals surface area contributed by atoms with Gasteiger partial charge >= 0.3 is 0 Å². The third-order valence-corrected chi connectivity index (χ3v) is 4.21. The van der Waals surface area contributed by atoms with Gasteiger partial charge in [-0.05, 0) is 31.5 Å². The summed E-state index contributed by atoms with van der Waals surface area (Å²) in [5.41, 5.74) is 3.10. The summed E-state index contributed by atoms with van der Waals surface area (Å²) in [5, 5.41) is 17.9. The van der Waals surface area contributed by atoms with Gasteiger partial charge in [0, 0.05) is 37.1 Å². The number of non-ortho nitro benzene ring substituents is 1. The molecule has 134 valence electrons. The van der Waals surface area contributed by atoms with Gasteiger partial charge in [0.2, 0.25) is 0 Å². The molecular formula is C18H19N5O3. The van der Waals surface area contributed by atoms with E-state index >= 15 is 0 Å². The zero-order valence-electron chi connectivity index (χ0n) is 14.8. The Kier molecular flexibility index (Phi) is 4.57. The maximum atomic E-state index is 12.7. The molecule has 8 heteroatoms. The van der Waals surface area contributed by atoms with Gasteiger partial charge in [0.15, 0.2) is 0 Å². The molecule has 0 spiro atoms. The lowest BCUT2D eigenvalue weighted by Gasteiger charge is -2.12. The maximum Gasteiger partial charge on any atom is 0.269 e. The van der Waals surface area contributed by atoms with Crippen molar-refractivity contribution in [2.75, 3.05) is 0 Å². The second kappa shape index (κ2) is 6.83. The third kappa shape index (κ3) is 3.21. The first-order valence-corrected chi connectivity index (χ1v) is 8.07. The van der Waals surface area contributed by atoms with Gasteiger partial charge in [-0.15, -0.1) is 0 Å². The van der Waals surface area contributed by atoms with Crippen LogP contribution < -0.4 is 5.32 Å². The van der Waals surface area contributed by atoms with Crippen molar-refractivity contribution in [2.45, 2.75) is 20.4 Å². The van der Waals surface area contributed by atoms with Crippen molar-refractivity contribution in [3.05, 3.63) is 75.2 Å². The van der Waals surface area contributed by atoms with E-state index in [0.29, 0.717) is 16.9 Å². The Balaban J connectivity index is 1.84. The molecule has 0 fully saturated rings. The number of nitro benzene ring substituents is 1. The molecule has 0 unspecified atom stereocenters. The number of hydrogen-bond donors (Lipinski definition) is 1. The first-order valence-electron chi connectivity index (χ1n) is 8.07. The highest BCUT2D eigenvalue weighted by molar-refractivity contribution is 5.97. The fourth-order valence-electron chi connectivity index (χ4n) is 2.92. The molecule has 0 aliphatic carbocycles. The van der Waals surface area contributed by atoms with E-state index in [1.54, 1.807) is 23.9 Å². The fraction of sp³-hybridized carbons (Fsp3) is 0.222. The topological polar surface area (TPSA) is 95.0 Å². The molecule has 2 aromatic heterocycles. The number of nitro groups is 1. The smallest absolute Gasteiger partial charge is 0.269 e. The predicted octanol–water partition coefficient (Wildman–Crippen LogP) is 2.67. The average molecular weight is 353 g/mol.